The molecule has 0 spiro atoms. The van der Waals surface area contributed by atoms with Crippen LogP contribution in [-0.2, 0) is 19.1 Å². The number of ether oxygens (including phenoxy) is 1. The van der Waals surface area contributed by atoms with E-state index in [4.69, 9.17) is 10.5 Å². The summed E-state index contributed by atoms with van der Waals surface area (Å²) in [5, 5.41) is 2.55. The smallest absolute Gasteiger partial charge is 0.452 e. The van der Waals surface area contributed by atoms with Gasteiger partial charge >= 0.3 is 12.1 Å². The number of ketones is 1. The molecule has 1 heterocycles. The number of nitrogens with one attached hydrogen (secondary N) is 1. The van der Waals surface area contributed by atoms with Crippen LogP contribution < -0.4 is 11.1 Å². The van der Waals surface area contributed by atoms with E-state index in [0.717, 1.165) is 6.20 Å². The zero-order valence-electron chi connectivity index (χ0n) is 16.6. The van der Waals surface area contributed by atoms with E-state index in [9.17, 15) is 32.3 Å². The van der Waals surface area contributed by atoms with Gasteiger partial charge in [0.05, 0.1) is 5.92 Å². The Kier molecular flexibility index (Phi) is 7.78. The Morgan fingerprint density at radius 2 is 1.74 bits per heavy atom. The number of carbonyl (C=O) groups is 4. The molecule has 0 saturated carbocycles. The number of rotatable bonds is 7. The molecule has 2 rings (SSSR count). The van der Waals surface area contributed by atoms with E-state index in [2.05, 4.69) is 5.32 Å². The first-order chi connectivity index (χ1) is 14.5. The van der Waals surface area contributed by atoms with Crippen LogP contribution in [0.2, 0.25) is 0 Å². The summed E-state index contributed by atoms with van der Waals surface area (Å²) >= 11 is 0. The molecule has 1 aromatic rings. The van der Waals surface area contributed by atoms with Gasteiger partial charge in [0.1, 0.15) is 0 Å². The van der Waals surface area contributed by atoms with Crippen LogP contribution >= 0.6 is 0 Å². The lowest BCUT2D eigenvalue weighted by Gasteiger charge is -2.30. The minimum absolute atomic E-state index is 0.272. The third-order valence-electron chi connectivity index (χ3n) is 4.68. The molecule has 8 nitrogen and oxygen atoms in total. The van der Waals surface area contributed by atoms with Crippen LogP contribution in [0.25, 0.3) is 0 Å². The second kappa shape index (κ2) is 10.1. The number of anilines is 1. The number of primary amides is 1. The van der Waals surface area contributed by atoms with Gasteiger partial charge in [0.15, 0.2) is 6.10 Å². The summed E-state index contributed by atoms with van der Waals surface area (Å²) < 4.78 is 41.8. The van der Waals surface area contributed by atoms with E-state index in [1.54, 1.807) is 0 Å². The number of hydrogen-bond acceptors (Lipinski definition) is 6. The third-order valence-corrected chi connectivity index (χ3v) is 4.68. The predicted octanol–water partition coefficient (Wildman–Crippen LogP) is 2.01. The minimum atomic E-state index is -4.92. The predicted molar refractivity (Wildman–Crippen MR) is 104 cm³/mol. The molecule has 3 N–H and O–H groups in total. The first-order valence-corrected chi connectivity index (χ1v) is 9.42. The summed E-state index contributed by atoms with van der Waals surface area (Å²) in [4.78, 5) is 47.9. The molecule has 1 aliphatic rings. The standard InChI is InChI=1S/C20H22F3N3O5/c1-12(18(29)25-15-4-2-13(3-5-15)17(24)28)31-19(30)14-6-9-26(10-7-14)11-8-16(27)20(21,22)23/h2-5,8,11-12,14H,6-7,9-10H2,1H3,(H2,24,28)(H,25,29). The number of halogens is 3. The number of benzene rings is 1. The molecular weight excluding hydrogens is 419 g/mol. The Labute approximate surface area is 176 Å². The van der Waals surface area contributed by atoms with Crippen molar-refractivity contribution in [3.05, 3.63) is 42.1 Å². The average Bonchev–Trinajstić information content (AvgIpc) is 2.71. The van der Waals surface area contributed by atoms with Crippen molar-refractivity contribution in [2.75, 3.05) is 18.4 Å². The van der Waals surface area contributed by atoms with Crippen LogP contribution in [0.4, 0.5) is 18.9 Å². The average molecular weight is 441 g/mol. The highest BCUT2D eigenvalue weighted by Gasteiger charge is 2.36. The number of nitrogens with zero attached hydrogens (tertiary/aromatic N) is 1. The van der Waals surface area contributed by atoms with Crippen LogP contribution in [0, 0.1) is 5.92 Å². The second-order valence-electron chi connectivity index (χ2n) is 7.00. The van der Waals surface area contributed by atoms with Crippen LogP contribution in [0.5, 0.6) is 0 Å². The van der Waals surface area contributed by atoms with Crippen LogP contribution in [0.3, 0.4) is 0 Å². The van der Waals surface area contributed by atoms with Gasteiger partial charge in [-0.1, -0.05) is 0 Å². The maximum atomic E-state index is 12.3. The highest BCUT2D eigenvalue weighted by molar-refractivity contribution is 5.97. The summed E-state index contributed by atoms with van der Waals surface area (Å²) in [5.41, 5.74) is 5.82. The Bertz CT molecular complexity index is 860. The fourth-order valence-corrected chi connectivity index (χ4v) is 2.84. The van der Waals surface area contributed by atoms with Crippen molar-refractivity contribution in [2.45, 2.75) is 32.0 Å². The van der Waals surface area contributed by atoms with Crippen molar-refractivity contribution >= 4 is 29.3 Å². The van der Waals surface area contributed by atoms with E-state index in [0.29, 0.717) is 24.6 Å². The molecular formula is C20H22F3N3O5. The molecule has 1 unspecified atom stereocenters. The first-order valence-electron chi connectivity index (χ1n) is 9.42. The Morgan fingerprint density at radius 3 is 2.26 bits per heavy atom. The Balaban J connectivity index is 1.80. The number of alkyl halides is 3. The molecule has 0 bridgehead atoms. The first kappa shape index (κ1) is 23.9. The third kappa shape index (κ3) is 7.12. The molecule has 1 aromatic carbocycles. The van der Waals surface area contributed by atoms with Crippen molar-refractivity contribution in [3.63, 3.8) is 0 Å². The summed E-state index contributed by atoms with van der Waals surface area (Å²) in [7, 11) is 0. The minimum Gasteiger partial charge on any atom is -0.452 e. The Hall–Kier alpha value is -3.37. The van der Waals surface area contributed by atoms with Crippen LogP contribution in [-0.4, -0.2) is 53.8 Å². The molecule has 168 valence electrons. The van der Waals surface area contributed by atoms with E-state index in [1.807, 2.05) is 0 Å². The van der Waals surface area contributed by atoms with Gasteiger partial charge in [0.2, 0.25) is 5.91 Å². The molecule has 1 fully saturated rings. The zero-order chi connectivity index (χ0) is 23.2. The maximum Gasteiger partial charge on any atom is 0.454 e. The number of carbonyl (C=O) groups excluding carboxylic acids is 4. The molecule has 1 atom stereocenters. The van der Waals surface area contributed by atoms with Gasteiger partial charge in [-0.2, -0.15) is 13.2 Å². The number of amides is 2. The number of hydrogen-bond donors (Lipinski definition) is 2. The van der Waals surface area contributed by atoms with Gasteiger partial charge in [-0.15, -0.1) is 0 Å². The van der Waals surface area contributed by atoms with Crippen LogP contribution in [0.1, 0.15) is 30.1 Å². The molecule has 0 radical (unpaired) electrons. The number of likely N-dealkylation sites (tertiary alicyclic amines) is 1. The number of esters is 1. The Morgan fingerprint density at radius 1 is 1.16 bits per heavy atom. The van der Waals surface area contributed by atoms with Crippen molar-refractivity contribution in [1.29, 1.82) is 0 Å². The summed E-state index contributed by atoms with van der Waals surface area (Å²) in [5.74, 6) is -4.20. The van der Waals surface area contributed by atoms with E-state index in [1.165, 1.54) is 36.1 Å². The molecule has 11 heteroatoms. The fraction of sp³-hybridized carbons (Fsp3) is 0.400. The lowest BCUT2D eigenvalue weighted by Crippen LogP contribution is -2.37. The number of nitrogens with two attached hydrogens (primary N) is 1. The van der Waals surface area contributed by atoms with Gasteiger partial charge < -0.3 is 20.7 Å². The fourth-order valence-electron chi connectivity index (χ4n) is 2.84. The number of piperidine rings is 1. The van der Waals surface area contributed by atoms with Crippen molar-refractivity contribution in [3.8, 4) is 0 Å². The van der Waals surface area contributed by atoms with Crippen molar-refractivity contribution in [1.82, 2.24) is 4.90 Å². The monoisotopic (exact) mass is 441 g/mol. The van der Waals surface area contributed by atoms with E-state index < -0.39 is 41.8 Å². The highest BCUT2D eigenvalue weighted by Crippen LogP contribution is 2.21. The lowest BCUT2D eigenvalue weighted by molar-refractivity contribution is -0.165. The SMILES string of the molecule is CC(OC(=O)C1CCN(C=CC(=O)C(F)(F)F)CC1)C(=O)Nc1ccc(C(N)=O)cc1. The summed E-state index contributed by atoms with van der Waals surface area (Å²) in [6.07, 6.45) is -3.85. The summed E-state index contributed by atoms with van der Waals surface area (Å²) in [6, 6.07) is 5.86. The quantitative estimate of drug-likeness (QED) is 0.494. The van der Waals surface area contributed by atoms with Crippen molar-refractivity contribution in [2.24, 2.45) is 11.7 Å². The van der Waals surface area contributed by atoms with Crippen molar-refractivity contribution < 1.29 is 37.1 Å². The molecule has 1 saturated heterocycles. The highest BCUT2D eigenvalue weighted by atomic mass is 19.4. The summed E-state index contributed by atoms with van der Waals surface area (Å²) in [6.45, 7) is 1.95. The molecule has 0 aromatic heterocycles. The van der Waals surface area contributed by atoms with Gasteiger partial charge in [0.25, 0.3) is 11.7 Å². The van der Waals surface area contributed by atoms with Gasteiger partial charge in [-0.05, 0) is 44.0 Å². The van der Waals surface area contributed by atoms with E-state index in [-0.39, 0.29) is 18.7 Å². The topological polar surface area (TPSA) is 119 Å². The number of allylic oxidation sites excluding steroid dienone is 1. The second-order valence-corrected chi connectivity index (χ2v) is 7.00. The normalized spacial score (nSPS) is 16.1. The van der Waals surface area contributed by atoms with E-state index >= 15 is 0 Å². The largest absolute Gasteiger partial charge is 0.454 e. The molecule has 2 amide bonds. The van der Waals surface area contributed by atoms with Gasteiger partial charge in [-0.25, -0.2) is 0 Å². The van der Waals surface area contributed by atoms with Gasteiger partial charge in [0, 0.05) is 36.6 Å². The molecule has 31 heavy (non-hydrogen) atoms. The zero-order valence-corrected chi connectivity index (χ0v) is 16.6. The molecule has 0 aliphatic carbocycles. The van der Waals surface area contributed by atoms with Gasteiger partial charge in [-0.3, -0.25) is 19.2 Å². The molecule has 1 aliphatic heterocycles. The van der Waals surface area contributed by atoms with Crippen LogP contribution in [0.15, 0.2) is 36.5 Å². The lowest BCUT2D eigenvalue weighted by atomic mass is 9.97. The maximum absolute atomic E-state index is 12.3.